The Morgan fingerprint density at radius 1 is 0.559 bits per heavy atom. The number of carbonyl (C=O) groups excluding carboxylic acids is 12. The van der Waals surface area contributed by atoms with Crippen molar-refractivity contribution >= 4 is 115 Å². The van der Waals surface area contributed by atoms with Gasteiger partial charge in [0.15, 0.2) is 23.1 Å². The Morgan fingerprint density at radius 3 is 1.50 bits per heavy atom. The fourth-order valence-electron chi connectivity index (χ4n) is 16.9. The molecule has 0 radical (unpaired) electrons. The molecule has 12 aliphatic carbocycles. The van der Waals surface area contributed by atoms with E-state index in [2.05, 4.69) is 66.7 Å². The number of aliphatic carboxylic acids is 2. The maximum atomic E-state index is 11.6. The molecule has 0 saturated heterocycles. The van der Waals surface area contributed by atoms with Crippen LogP contribution < -0.4 is 10.2 Å². The zero-order chi connectivity index (χ0) is 76.6. The van der Waals surface area contributed by atoms with Crippen molar-refractivity contribution in [1.29, 1.82) is 0 Å². The van der Waals surface area contributed by atoms with Gasteiger partial charge in [0.05, 0.1) is 11.3 Å². The van der Waals surface area contributed by atoms with Gasteiger partial charge in [0.2, 0.25) is 0 Å². The zero-order valence-electron chi connectivity index (χ0n) is 62.0. The number of methoxy groups -OCH3 is 1. The number of Topliss-reactive ketones (excluding diaryl/α,β-unsaturated/α-hetero) is 9. The number of rotatable bonds is 5. The topological polar surface area (TPSA) is 409 Å². The third-order valence-corrected chi connectivity index (χ3v) is 25.1. The van der Waals surface area contributed by atoms with E-state index in [0.29, 0.717) is 110 Å². The van der Waals surface area contributed by atoms with E-state index in [0.717, 1.165) is 126 Å². The summed E-state index contributed by atoms with van der Waals surface area (Å²) in [6.45, 7) is 28.7. The fourth-order valence-corrected chi connectivity index (χ4v) is 16.9. The Kier molecular flexibility index (Phi) is 36.4. The van der Waals surface area contributed by atoms with Crippen LogP contribution in [0.5, 0.6) is 0 Å². The summed E-state index contributed by atoms with van der Waals surface area (Å²) in [6, 6.07) is 0. The van der Waals surface area contributed by atoms with Crippen LogP contribution in [0.3, 0.4) is 0 Å². The molecule has 9 fully saturated rings. The maximum absolute atomic E-state index is 11.6. The van der Waals surface area contributed by atoms with Crippen molar-refractivity contribution in [2.75, 3.05) is 14.2 Å². The average Bonchev–Trinajstić information content (AvgIpc) is 1.59. The quantitative estimate of drug-likeness (QED) is 0.0496. The summed E-state index contributed by atoms with van der Waals surface area (Å²) in [7, 11) is -2.88. The first-order chi connectivity index (χ1) is 46.2. The Hall–Kier alpha value is -5.86. The Labute approximate surface area is 619 Å². The van der Waals surface area contributed by atoms with E-state index in [9.17, 15) is 62.3 Å². The van der Waals surface area contributed by atoms with Crippen LogP contribution in [0.25, 0.3) is 0 Å². The largest absolute Gasteiger partial charge is 2.00 e. The minimum Gasteiger partial charge on any atom is -0.857 e. The Morgan fingerprint density at radius 2 is 1.01 bits per heavy atom. The summed E-state index contributed by atoms with van der Waals surface area (Å²) in [5.74, 6) is 1.37. The molecule has 0 aromatic carbocycles. The van der Waals surface area contributed by atoms with E-state index >= 15 is 0 Å². The van der Waals surface area contributed by atoms with Crippen LogP contribution in [0.1, 0.15) is 257 Å². The zero-order valence-corrected chi connectivity index (χ0v) is 64.3. The number of hydrogen-bond donors (Lipinski definition) is 4. The molecule has 9 saturated carbocycles. The van der Waals surface area contributed by atoms with E-state index in [1.807, 2.05) is 13.0 Å². The van der Waals surface area contributed by atoms with Crippen LogP contribution in [-0.4, -0.2) is 147 Å². The smallest absolute Gasteiger partial charge is 0.857 e. The Bertz CT molecular complexity index is 3350. The van der Waals surface area contributed by atoms with Gasteiger partial charge in [-0.25, -0.2) is 4.79 Å². The minimum atomic E-state index is -4.67. The fraction of sp³-hybridized carbons (Fsp3) is 0.714. The minimum absolute atomic E-state index is 0. The molecule has 0 spiro atoms. The molecule has 25 heteroatoms. The molecule has 568 valence electrons. The van der Waals surface area contributed by atoms with Gasteiger partial charge in [-0.3, -0.25) is 61.8 Å². The third-order valence-electron chi connectivity index (χ3n) is 25.1. The van der Waals surface area contributed by atoms with Crippen LogP contribution in [0.4, 0.5) is 4.79 Å². The monoisotopic (exact) mass is 1460 g/mol. The van der Waals surface area contributed by atoms with Gasteiger partial charge in [-0.15, -0.1) is 0 Å². The molecule has 23 nitrogen and oxygen atoms in total. The molecule has 0 heterocycles. The van der Waals surface area contributed by atoms with Gasteiger partial charge in [-0.1, -0.05) is 80.5 Å². The van der Waals surface area contributed by atoms with Gasteiger partial charge in [0, 0.05) is 83.2 Å². The van der Waals surface area contributed by atoms with E-state index in [1.54, 1.807) is 19.9 Å². The van der Waals surface area contributed by atoms with Gasteiger partial charge >= 0.3 is 45.4 Å². The summed E-state index contributed by atoms with van der Waals surface area (Å²) in [6.07, 6.45) is 22.0. The van der Waals surface area contributed by atoms with Crippen molar-refractivity contribution in [3.63, 3.8) is 0 Å². The summed E-state index contributed by atoms with van der Waals surface area (Å²) in [5, 5.41) is 35.5. The van der Waals surface area contributed by atoms with Gasteiger partial charge in [0.25, 0.3) is 6.16 Å². The maximum Gasteiger partial charge on any atom is 2.00 e. The first-order valence-corrected chi connectivity index (χ1v) is 36.5. The van der Waals surface area contributed by atoms with E-state index in [1.165, 1.54) is 31.8 Å². The molecule has 12 aliphatic rings. The Balaban J connectivity index is 0.000000580. The van der Waals surface area contributed by atoms with Gasteiger partial charge < -0.3 is 34.8 Å². The number of fused-ring (bicyclic) bond motifs is 5. The number of carboxylic acid groups (broad SMARTS) is 3. The van der Waals surface area contributed by atoms with Crippen LogP contribution in [0, 0.1) is 79.8 Å². The van der Waals surface area contributed by atoms with Crippen molar-refractivity contribution in [1.82, 2.24) is 0 Å². The van der Waals surface area contributed by atoms with Crippen LogP contribution in [-0.2, 0) is 77.5 Å². The average molecular weight is 1460 g/mol. The van der Waals surface area contributed by atoms with Crippen LogP contribution in [0.2, 0.25) is 0 Å². The molecule has 0 aromatic heterocycles. The summed E-state index contributed by atoms with van der Waals surface area (Å²) in [5.41, 5.74) is 4.07. The first kappa shape index (κ1) is 94.1. The third kappa shape index (κ3) is 23.3. The molecule has 4 N–H and O–H groups in total. The van der Waals surface area contributed by atoms with E-state index in [4.69, 9.17) is 42.7 Å². The number of hydrogen-bond acceptors (Lipinski definition) is 19. The molecular formula is C77H114MgO23S. The van der Waals surface area contributed by atoms with Crippen LogP contribution in [0.15, 0.2) is 46.6 Å². The summed E-state index contributed by atoms with van der Waals surface area (Å²) < 4.78 is 35.1. The van der Waals surface area contributed by atoms with Crippen molar-refractivity contribution < 1.29 is 110 Å². The molecular weight excluding hydrogens is 1350 g/mol. The normalized spacial score (nSPS) is 31.9. The van der Waals surface area contributed by atoms with E-state index < -0.39 is 39.8 Å². The molecule has 0 aromatic rings. The molecule has 102 heavy (non-hydrogen) atoms. The standard InChI is InChI=1S/C12H18O3.C12H16O3.C12H18O.C11H16O.C10H14O3.C10H12O2.C6H8O2.C2H4O3.CH3O.CH4.Mg.H2O4S/c2*1-7-3-4-8-10(11(14)15)9(13)5-6-12(7,8)2;1-8-4-5-10-9(2)11(13)6-7-12(8,10)3;1-8-3-4-9-7-10(12)5-6-11(8,9)2;1-7(11)5-6-10(2)8(12)3-4-9(10)13;1-10-5-4-8(11)6-7(10)2-3-9(10)12;1-4-5(7)2-3-6(4)8;1-5-2(3)4;1-2;;;1-5(2,3)4/h7-8,10H,3-6H2,1-2H3,(H,14,15);7H,3-6H2,1-2H3,(H,14,15);8,10H,2,4-7H2,1,3H3;7-8H,3-6H2,1-2H3;3-6H2,1-2H3;6H,2-5H2,1H3;4H,2-3H2,1H3;1H3,(H,3,4);1H3;1H4;;(H2,1,2,3,4)/q;;;;;;;;-1;;+2;/p-1/t7-,8-,10?,12+;7-,12+;8-,10-,12+;8-,11+;;10-;;;;;;/m1111.1....../s1. The van der Waals surface area contributed by atoms with Gasteiger partial charge in [-0.2, -0.15) is 15.5 Å². The molecule has 0 bridgehead atoms. The van der Waals surface area contributed by atoms with Crippen molar-refractivity contribution in [3.8, 4) is 0 Å². The molecule has 12 rings (SSSR count). The van der Waals surface area contributed by atoms with Crippen molar-refractivity contribution in [3.05, 3.63) is 46.6 Å². The second-order valence-electron chi connectivity index (χ2n) is 30.6. The number of carboxylic acids is 2. The van der Waals surface area contributed by atoms with Crippen molar-refractivity contribution in [2.45, 2.75) is 257 Å². The molecule has 0 aliphatic heterocycles. The summed E-state index contributed by atoms with van der Waals surface area (Å²) in [4.78, 5) is 154. The molecule has 12 atom stereocenters. The second-order valence-corrected chi connectivity index (χ2v) is 31.5. The number of ether oxygens (including phenoxy) is 1. The molecule has 1 unspecified atom stereocenters. The predicted molar refractivity (Wildman–Crippen MR) is 378 cm³/mol. The van der Waals surface area contributed by atoms with E-state index in [-0.39, 0.29) is 110 Å². The number of carbonyl (C=O) groups is 14. The number of allylic oxidation sites excluding steroid dienone is 6. The summed E-state index contributed by atoms with van der Waals surface area (Å²) >= 11 is 0. The first-order valence-electron chi connectivity index (χ1n) is 35.2. The van der Waals surface area contributed by atoms with Gasteiger partial charge in [0.1, 0.15) is 52.0 Å². The predicted octanol–water partition coefficient (Wildman–Crippen LogP) is 11.0. The number of ketones is 11. The van der Waals surface area contributed by atoms with Crippen molar-refractivity contribution in [2.24, 2.45) is 79.8 Å². The van der Waals surface area contributed by atoms with Gasteiger partial charge in [-0.05, 0) is 204 Å². The molecule has 0 amide bonds. The second kappa shape index (κ2) is 39.5. The SMILES string of the molecule is C.C=C1C(=O)CC[C@@]2(C)[C@H](C)CC[C@H]12.CC(=O)CCC1(C)C(=O)CCC1=O.CC1C(=O)CCC1=O.COC(=O)[O-].C[C@@H]1CCC2=C(C(=O)O)C(=O)CC[C@]21C.C[C@@H]1CCC2=CC(=O)CC[C@]21C.C[C@@H]1CC[C@@H]2C(C(=O)O)C(=O)CC[C@@]12C.C[C@@]12CCC(=O)C=C1CCC2=O.C[O-].O=S(=O)(O)O.[Mg+2]. The van der Waals surface area contributed by atoms with Crippen LogP contribution >= 0.6 is 0 Å².